The minimum absolute atomic E-state index is 0.221. The third kappa shape index (κ3) is 4.21. The van der Waals surface area contributed by atoms with Gasteiger partial charge in [-0.3, -0.25) is 10.1 Å². The predicted molar refractivity (Wildman–Crippen MR) is 82.5 cm³/mol. The highest BCUT2D eigenvalue weighted by atomic mass is 16.5. The van der Waals surface area contributed by atoms with Crippen molar-refractivity contribution >= 4 is 5.97 Å². The van der Waals surface area contributed by atoms with Gasteiger partial charge in [0.15, 0.2) is 0 Å². The monoisotopic (exact) mass is 291 g/mol. The molecule has 21 heavy (non-hydrogen) atoms. The molecule has 1 saturated carbocycles. The minimum Gasteiger partial charge on any atom is -0.493 e. The van der Waals surface area contributed by atoms with Crippen LogP contribution in [0.1, 0.15) is 38.7 Å². The highest BCUT2D eigenvalue weighted by molar-refractivity contribution is 5.80. The van der Waals surface area contributed by atoms with Gasteiger partial charge in [-0.05, 0) is 37.8 Å². The standard InChI is InChI=1S/C17H25NO3/c1-4-13-7-5-6-8-15(13)21-12-11-17(2,16(19)20-3)18-14-9-10-14/h5-8,14,18H,4,9-12H2,1-3H3. The number of nitrogens with one attached hydrogen (secondary N) is 1. The van der Waals surface area contributed by atoms with E-state index in [1.54, 1.807) is 0 Å². The number of methoxy groups -OCH3 is 1. The van der Waals surface area contributed by atoms with Crippen LogP contribution < -0.4 is 10.1 Å². The number of para-hydroxylation sites is 1. The van der Waals surface area contributed by atoms with Crippen molar-refractivity contribution in [3.8, 4) is 5.75 Å². The number of carbonyl (C=O) groups excluding carboxylic acids is 1. The van der Waals surface area contributed by atoms with Gasteiger partial charge in [0.25, 0.3) is 0 Å². The second-order valence-electron chi connectivity index (χ2n) is 5.80. The Balaban J connectivity index is 1.93. The van der Waals surface area contributed by atoms with Gasteiger partial charge in [-0.2, -0.15) is 0 Å². The summed E-state index contributed by atoms with van der Waals surface area (Å²) in [5, 5.41) is 3.38. The quantitative estimate of drug-likeness (QED) is 0.748. The van der Waals surface area contributed by atoms with E-state index in [0.29, 0.717) is 19.1 Å². The van der Waals surface area contributed by atoms with Gasteiger partial charge >= 0.3 is 5.97 Å². The molecule has 0 bridgehead atoms. The van der Waals surface area contributed by atoms with Crippen molar-refractivity contribution in [2.24, 2.45) is 0 Å². The maximum atomic E-state index is 12.0. The zero-order valence-electron chi connectivity index (χ0n) is 13.1. The molecule has 1 atom stereocenters. The first-order valence-corrected chi connectivity index (χ1v) is 7.66. The maximum absolute atomic E-state index is 12.0. The average Bonchev–Trinajstić information content (AvgIpc) is 3.30. The lowest BCUT2D eigenvalue weighted by Gasteiger charge is -2.28. The Kier molecular flexibility index (Phi) is 5.23. The molecule has 0 amide bonds. The van der Waals surface area contributed by atoms with Crippen LogP contribution in [0.4, 0.5) is 0 Å². The zero-order valence-corrected chi connectivity index (χ0v) is 13.1. The normalized spacial score (nSPS) is 17.1. The third-order valence-corrected chi connectivity index (χ3v) is 3.95. The summed E-state index contributed by atoms with van der Waals surface area (Å²) < 4.78 is 10.8. The van der Waals surface area contributed by atoms with E-state index in [0.717, 1.165) is 25.0 Å². The van der Waals surface area contributed by atoms with Crippen molar-refractivity contribution in [1.29, 1.82) is 0 Å². The SMILES string of the molecule is CCc1ccccc1OCCC(C)(NC1CC1)C(=O)OC. The maximum Gasteiger partial charge on any atom is 0.325 e. The van der Waals surface area contributed by atoms with Gasteiger partial charge < -0.3 is 9.47 Å². The van der Waals surface area contributed by atoms with Crippen LogP contribution in [0, 0.1) is 0 Å². The van der Waals surface area contributed by atoms with E-state index in [1.807, 2.05) is 25.1 Å². The topological polar surface area (TPSA) is 47.6 Å². The Morgan fingerprint density at radius 2 is 2.10 bits per heavy atom. The van der Waals surface area contributed by atoms with Gasteiger partial charge in [-0.15, -0.1) is 0 Å². The summed E-state index contributed by atoms with van der Waals surface area (Å²) in [4.78, 5) is 12.0. The molecule has 0 radical (unpaired) electrons. The first kappa shape index (κ1) is 15.8. The largest absolute Gasteiger partial charge is 0.493 e. The second kappa shape index (κ2) is 6.94. The van der Waals surface area contributed by atoms with E-state index in [9.17, 15) is 4.79 Å². The molecule has 0 saturated heterocycles. The average molecular weight is 291 g/mol. The van der Waals surface area contributed by atoms with Crippen molar-refractivity contribution < 1.29 is 14.3 Å². The van der Waals surface area contributed by atoms with Crippen molar-refractivity contribution in [2.45, 2.75) is 51.1 Å². The molecule has 0 aliphatic heterocycles. The summed E-state index contributed by atoms with van der Waals surface area (Å²) in [6.45, 7) is 4.49. The summed E-state index contributed by atoms with van der Waals surface area (Å²) in [6, 6.07) is 8.46. The molecular weight excluding hydrogens is 266 g/mol. The molecule has 1 unspecified atom stereocenters. The highest BCUT2D eigenvalue weighted by Gasteiger charge is 2.39. The lowest BCUT2D eigenvalue weighted by molar-refractivity contribution is -0.148. The van der Waals surface area contributed by atoms with E-state index < -0.39 is 5.54 Å². The summed E-state index contributed by atoms with van der Waals surface area (Å²) in [5.41, 5.74) is 0.518. The smallest absolute Gasteiger partial charge is 0.325 e. The second-order valence-corrected chi connectivity index (χ2v) is 5.80. The van der Waals surface area contributed by atoms with E-state index in [-0.39, 0.29) is 5.97 Å². The van der Waals surface area contributed by atoms with Crippen LogP contribution in [0.15, 0.2) is 24.3 Å². The Morgan fingerprint density at radius 1 is 1.38 bits per heavy atom. The number of ether oxygens (including phenoxy) is 2. The Labute approximate surface area is 126 Å². The van der Waals surface area contributed by atoms with E-state index in [4.69, 9.17) is 9.47 Å². The summed E-state index contributed by atoms with van der Waals surface area (Å²) >= 11 is 0. The van der Waals surface area contributed by atoms with Crippen molar-refractivity contribution in [3.63, 3.8) is 0 Å². The first-order valence-electron chi connectivity index (χ1n) is 7.66. The number of rotatable bonds is 8. The van der Waals surface area contributed by atoms with Crippen LogP contribution in [-0.2, 0) is 16.0 Å². The molecule has 2 rings (SSSR count). The lowest BCUT2D eigenvalue weighted by atomic mass is 9.98. The number of hydrogen-bond donors (Lipinski definition) is 1. The van der Waals surface area contributed by atoms with Crippen LogP contribution in [0.2, 0.25) is 0 Å². The van der Waals surface area contributed by atoms with E-state index >= 15 is 0 Å². The zero-order chi connectivity index (χ0) is 15.3. The summed E-state index contributed by atoms with van der Waals surface area (Å²) in [5.74, 6) is 0.681. The molecular formula is C17H25NO3. The summed E-state index contributed by atoms with van der Waals surface area (Å²) in [6.07, 6.45) is 3.79. The van der Waals surface area contributed by atoms with Crippen molar-refractivity contribution in [2.75, 3.05) is 13.7 Å². The Morgan fingerprint density at radius 3 is 2.71 bits per heavy atom. The lowest BCUT2D eigenvalue weighted by Crippen LogP contribution is -2.52. The molecule has 1 aromatic rings. The van der Waals surface area contributed by atoms with Gasteiger partial charge in [0.2, 0.25) is 0 Å². The fourth-order valence-corrected chi connectivity index (χ4v) is 2.44. The van der Waals surface area contributed by atoms with E-state index in [1.165, 1.54) is 12.7 Å². The molecule has 116 valence electrons. The van der Waals surface area contributed by atoms with Gasteiger partial charge in [0.1, 0.15) is 11.3 Å². The summed E-state index contributed by atoms with van der Waals surface area (Å²) in [7, 11) is 1.43. The molecule has 0 aromatic heterocycles. The number of esters is 1. The molecule has 1 aliphatic carbocycles. The minimum atomic E-state index is -0.670. The molecule has 1 N–H and O–H groups in total. The third-order valence-electron chi connectivity index (χ3n) is 3.95. The van der Waals surface area contributed by atoms with Crippen LogP contribution >= 0.6 is 0 Å². The Bertz CT molecular complexity index is 485. The fraction of sp³-hybridized carbons (Fsp3) is 0.588. The number of hydrogen-bond acceptors (Lipinski definition) is 4. The number of aryl methyl sites for hydroxylation is 1. The van der Waals surface area contributed by atoms with Gasteiger partial charge in [-0.1, -0.05) is 25.1 Å². The molecule has 4 heteroatoms. The Hall–Kier alpha value is -1.55. The van der Waals surface area contributed by atoms with Gasteiger partial charge in [0, 0.05) is 12.5 Å². The molecule has 4 nitrogen and oxygen atoms in total. The molecule has 1 aromatic carbocycles. The molecule has 1 fully saturated rings. The molecule has 1 aliphatic rings. The van der Waals surface area contributed by atoms with Crippen LogP contribution in [0.25, 0.3) is 0 Å². The van der Waals surface area contributed by atoms with Crippen LogP contribution in [-0.4, -0.2) is 31.3 Å². The number of carbonyl (C=O) groups is 1. The van der Waals surface area contributed by atoms with Gasteiger partial charge in [0.05, 0.1) is 13.7 Å². The fourth-order valence-electron chi connectivity index (χ4n) is 2.44. The highest BCUT2D eigenvalue weighted by Crippen LogP contribution is 2.25. The predicted octanol–water partition coefficient (Wildman–Crippen LogP) is 2.70. The molecule has 0 spiro atoms. The number of benzene rings is 1. The van der Waals surface area contributed by atoms with Crippen molar-refractivity contribution in [3.05, 3.63) is 29.8 Å². The van der Waals surface area contributed by atoms with Gasteiger partial charge in [-0.25, -0.2) is 0 Å². The van der Waals surface area contributed by atoms with Crippen LogP contribution in [0.3, 0.4) is 0 Å². The first-order chi connectivity index (χ1) is 10.1. The molecule has 0 heterocycles. The van der Waals surface area contributed by atoms with E-state index in [2.05, 4.69) is 18.3 Å². The van der Waals surface area contributed by atoms with Crippen molar-refractivity contribution in [1.82, 2.24) is 5.32 Å². The van der Waals surface area contributed by atoms with Crippen LogP contribution in [0.5, 0.6) is 5.75 Å².